The normalized spacial score (nSPS) is 23.0. The number of nitrogens with one attached hydrogen (secondary N) is 1. The zero-order chi connectivity index (χ0) is 10.3. The van der Waals surface area contributed by atoms with Crippen LogP contribution < -0.4 is 5.32 Å². The molecule has 1 saturated heterocycles. The summed E-state index contributed by atoms with van der Waals surface area (Å²) < 4.78 is 0.443. The van der Waals surface area contributed by atoms with E-state index in [4.69, 9.17) is 11.6 Å². The standard InChI is InChI=1S/C12H14ClNS/c13-10-3-1-2-9-8-12(15-11(9)10)4-6-14-7-5-12/h1-3,14H,4-8H2. The molecule has 0 atom stereocenters. The first kappa shape index (κ1) is 10.0. The molecule has 1 fully saturated rings. The smallest absolute Gasteiger partial charge is 0.0544 e. The Bertz CT molecular complexity index is 385. The van der Waals surface area contributed by atoms with Gasteiger partial charge < -0.3 is 5.32 Å². The fourth-order valence-corrected chi connectivity index (χ4v) is 4.38. The average molecular weight is 240 g/mol. The van der Waals surface area contributed by atoms with Crippen LogP contribution in [0.25, 0.3) is 0 Å². The molecule has 15 heavy (non-hydrogen) atoms. The summed E-state index contributed by atoms with van der Waals surface area (Å²) in [5, 5.41) is 4.37. The minimum Gasteiger partial charge on any atom is -0.317 e. The third-order valence-corrected chi connectivity index (χ3v) is 5.49. The molecule has 1 spiro atoms. The molecule has 0 aliphatic carbocycles. The van der Waals surface area contributed by atoms with Crippen molar-refractivity contribution < 1.29 is 0 Å². The van der Waals surface area contributed by atoms with Crippen LogP contribution in [-0.4, -0.2) is 17.8 Å². The third-order valence-electron chi connectivity index (χ3n) is 3.39. The molecule has 0 bridgehead atoms. The summed E-state index contributed by atoms with van der Waals surface area (Å²) in [5.41, 5.74) is 1.45. The van der Waals surface area contributed by atoms with Gasteiger partial charge in [0.2, 0.25) is 0 Å². The maximum atomic E-state index is 6.24. The number of hydrogen-bond donors (Lipinski definition) is 1. The molecule has 1 N–H and O–H groups in total. The number of halogens is 1. The molecule has 3 heteroatoms. The number of benzene rings is 1. The molecule has 0 saturated carbocycles. The summed E-state index contributed by atoms with van der Waals surface area (Å²) >= 11 is 8.25. The van der Waals surface area contributed by atoms with Crippen LogP contribution in [0, 0.1) is 0 Å². The van der Waals surface area contributed by atoms with Crippen LogP contribution in [0.15, 0.2) is 23.1 Å². The van der Waals surface area contributed by atoms with Crippen LogP contribution in [-0.2, 0) is 6.42 Å². The Morgan fingerprint density at radius 2 is 2.07 bits per heavy atom. The van der Waals surface area contributed by atoms with E-state index in [1.54, 1.807) is 0 Å². The molecule has 80 valence electrons. The van der Waals surface area contributed by atoms with Gasteiger partial charge in [-0.05, 0) is 44.0 Å². The van der Waals surface area contributed by atoms with Gasteiger partial charge in [0.1, 0.15) is 0 Å². The lowest BCUT2D eigenvalue weighted by molar-refractivity contribution is 0.417. The molecule has 2 aliphatic rings. The van der Waals surface area contributed by atoms with Crippen molar-refractivity contribution in [2.75, 3.05) is 13.1 Å². The molecule has 1 nitrogen and oxygen atoms in total. The highest BCUT2D eigenvalue weighted by Crippen LogP contribution is 2.51. The molecule has 2 aliphatic heterocycles. The van der Waals surface area contributed by atoms with Crippen molar-refractivity contribution in [1.29, 1.82) is 0 Å². The maximum absolute atomic E-state index is 6.24. The minimum absolute atomic E-state index is 0.443. The highest BCUT2D eigenvalue weighted by atomic mass is 35.5. The molecule has 2 heterocycles. The van der Waals surface area contributed by atoms with E-state index in [1.165, 1.54) is 29.7 Å². The first-order chi connectivity index (χ1) is 7.29. The Morgan fingerprint density at radius 3 is 2.80 bits per heavy atom. The van der Waals surface area contributed by atoms with Crippen molar-refractivity contribution in [2.24, 2.45) is 0 Å². The van der Waals surface area contributed by atoms with Crippen molar-refractivity contribution in [3.05, 3.63) is 28.8 Å². The molecule has 0 radical (unpaired) electrons. The van der Waals surface area contributed by atoms with Crippen LogP contribution >= 0.6 is 23.4 Å². The number of piperidine rings is 1. The summed E-state index contributed by atoms with van der Waals surface area (Å²) in [6, 6.07) is 6.31. The van der Waals surface area contributed by atoms with Gasteiger partial charge in [0.05, 0.1) is 5.02 Å². The van der Waals surface area contributed by atoms with Crippen molar-refractivity contribution in [3.8, 4) is 0 Å². The SMILES string of the molecule is Clc1cccc2c1SC1(CCNCC1)C2. The van der Waals surface area contributed by atoms with Crippen LogP contribution in [0.5, 0.6) is 0 Å². The lowest BCUT2D eigenvalue weighted by Crippen LogP contribution is -2.39. The van der Waals surface area contributed by atoms with Gasteiger partial charge in [-0.1, -0.05) is 23.7 Å². The molecular weight excluding hydrogens is 226 g/mol. The molecular formula is C12H14ClNS. The van der Waals surface area contributed by atoms with Gasteiger partial charge in [0, 0.05) is 9.64 Å². The summed E-state index contributed by atoms with van der Waals surface area (Å²) in [5.74, 6) is 0. The Morgan fingerprint density at radius 1 is 1.27 bits per heavy atom. The molecule has 0 unspecified atom stereocenters. The zero-order valence-electron chi connectivity index (χ0n) is 8.55. The highest BCUT2D eigenvalue weighted by Gasteiger charge is 2.39. The van der Waals surface area contributed by atoms with Crippen molar-refractivity contribution in [3.63, 3.8) is 0 Å². The molecule has 0 aromatic heterocycles. The summed E-state index contributed by atoms with van der Waals surface area (Å²) in [4.78, 5) is 1.33. The fraction of sp³-hybridized carbons (Fsp3) is 0.500. The van der Waals surface area contributed by atoms with Crippen LogP contribution in [0.2, 0.25) is 5.02 Å². The van der Waals surface area contributed by atoms with Gasteiger partial charge >= 0.3 is 0 Å². The Labute approximate surface area is 99.6 Å². The van der Waals surface area contributed by atoms with Gasteiger partial charge in [-0.15, -0.1) is 11.8 Å². The predicted octanol–water partition coefficient (Wildman–Crippen LogP) is 3.11. The number of hydrogen-bond acceptors (Lipinski definition) is 2. The average Bonchev–Trinajstić information content (AvgIpc) is 2.59. The van der Waals surface area contributed by atoms with E-state index < -0.39 is 0 Å². The van der Waals surface area contributed by atoms with Crippen LogP contribution in [0.1, 0.15) is 18.4 Å². The lowest BCUT2D eigenvalue weighted by atomic mass is 9.90. The summed E-state index contributed by atoms with van der Waals surface area (Å²) in [6.07, 6.45) is 3.74. The minimum atomic E-state index is 0.443. The van der Waals surface area contributed by atoms with E-state index in [-0.39, 0.29) is 0 Å². The number of fused-ring (bicyclic) bond motifs is 1. The zero-order valence-corrected chi connectivity index (χ0v) is 10.1. The van der Waals surface area contributed by atoms with E-state index >= 15 is 0 Å². The van der Waals surface area contributed by atoms with Crippen molar-refractivity contribution in [1.82, 2.24) is 5.32 Å². The van der Waals surface area contributed by atoms with Crippen molar-refractivity contribution >= 4 is 23.4 Å². The second-order valence-corrected chi connectivity index (χ2v) is 6.33. The van der Waals surface area contributed by atoms with Gasteiger partial charge in [-0.25, -0.2) is 0 Å². The number of thioether (sulfide) groups is 1. The van der Waals surface area contributed by atoms with Gasteiger partial charge in [0.15, 0.2) is 0 Å². The number of rotatable bonds is 0. The molecule has 1 aromatic carbocycles. The Balaban J connectivity index is 1.94. The molecule has 1 aromatic rings. The maximum Gasteiger partial charge on any atom is 0.0544 e. The second-order valence-electron chi connectivity index (χ2n) is 4.44. The Kier molecular flexibility index (Phi) is 2.46. The lowest BCUT2D eigenvalue weighted by Gasteiger charge is -2.32. The van der Waals surface area contributed by atoms with E-state index in [2.05, 4.69) is 17.4 Å². The van der Waals surface area contributed by atoms with Crippen molar-refractivity contribution in [2.45, 2.75) is 28.9 Å². The largest absolute Gasteiger partial charge is 0.317 e. The summed E-state index contributed by atoms with van der Waals surface area (Å²) in [6.45, 7) is 2.30. The molecule has 3 rings (SSSR count). The van der Waals surface area contributed by atoms with Gasteiger partial charge in [-0.3, -0.25) is 0 Å². The van der Waals surface area contributed by atoms with Gasteiger partial charge in [0.25, 0.3) is 0 Å². The monoisotopic (exact) mass is 239 g/mol. The summed E-state index contributed by atoms with van der Waals surface area (Å²) in [7, 11) is 0. The topological polar surface area (TPSA) is 12.0 Å². The van der Waals surface area contributed by atoms with E-state index in [0.717, 1.165) is 18.1 Å². The van der Waals surface area contributed by atoms with E-state index in [1.807, 2.05) is 17.8 Å². The highest BCUT2D eigenvalue weighted by molar-refractivity contribution is 8.01. The van der Waals surface area contributed by atoms with Crippen LogP contribution in [0.4, 0.5) is 0 Å². The fourth-order valence-electron chi connectivity index (χ4n) is 2.57. The first-order valence-corrected chi connectivity index (χ1v) is 6.66. The quantitative estimate of drug-likeness (QED) is 0.747. The first-order valence-electron chi connectivity index (χ1n) is 5.46. The third kappa shape index (κ3) is 1.69. The van der Waals surface area contributed by atoms with E-state index in [9.17, 15) is 0 Å². The second kappa shape index (κ2) is 3.69. The molecule has 0 amide bonds. The predicted molar refractivity (Wildman–Crippen MR) is 65.8 cm³/mol. The Hall–Kier alpha value is -0.180. The van der Waals surface area contributed by atoms with Gasteiger partial charge in [-0.2, -0.15) is 0 Å². The van der Waals surface area contributed by atoms with Crippen LogP contribution in [0.3, 0.4) is 0 Å². The van der Waals surface area contributed by atoms with E-state index in [0.29, 0.717) is 4.75 Å².